The van der Waals surface area contributed by atoms with Gasteiger partial charge in [-0.25, -0.2) is 0 Å². The molecule has 0 bridgehead atoms. The predicted octanol–water partition coefficient (Wildman–Crippen LogP) is 14.6. The fraction of sp³-hybridized carbons (Fsp3) is 0.153. The number of aryl methyl sites for hydroxylation is 2. The van der Waals surface area contributed by atoms with E-state index in [0.717, 1.165) is 90.4 Å². The van der Waals surface area contributed by atoms with Gasteiger partial charge in [-0.3, -0.25) is 9.97 Å². The summed E-state index contributed by atoms with van der Waals surface area (Å²) < 4.78 is 9.89. The number of para-hydroxylation sites is 2. The van der Waals surface area contributed by atoms with Crippen LogP contribution in [0.4, 0.5) is 0 Å². The largest absolute Gasteiger partial charge is 0 e. The fourth-order valence-electron chi connectivity index (χ4n) is 8.97. The molecule has 6 nitrogen and oxygen atoms in total. The molecule has 0 N–H and O–H groups in total. The van der Waals surface area contributed by atoms with Gasteiger partial charge in [-0.15, -0.1) is 35.4 Å². The number of hydrogen-bond acceptors (Lipinski definition) is 5. The molecule has 0 fully saturated rings. The molecule has 6 aromatic carbocycles. The van der Waals surface area contributed by atoms with Crippen molar-refractivity contribution >= 4 is 61.5 Å². The molecule has 333 valence electrons. The Morgan fingerprint density at radius 2 is 1.37 bits per heavy atom. The molecule has 0 aliphatic carbocycles. The number of aromatic nitrogens is 5. The van der Waals surface area contributed by atoms with Crippen LogP contribution in [-0.4, -0.2) is 37.8 Å². The van der Waals surface area contributed by atoms with E-state index in [0.29, 0.717) is 11.6 Å². The molecule has 0 saturated heterocycles. The quantitative estimate of drug-likeness (QED) is 0.112. The second kappa shape index (κ2) is 19.0. The molecule has 11 aromatic rings. The van der Waals surface area contributed by atoms with Gasteiger partial charge in [0.2, 0.25) is 0 Å². The summed E-state index contributed by atoms with van der Waals surface area (Å²) in [5.41, 5.74) is 15.0. The minimum Gasteiger partial charge on any atom is 0 e. The first-order chi connectivity index (χ1) is 32.0. The zero-order valence-electron chi connectivity index (χ0n) is 38.9. The van der Waals surface area contributed by atoms with Crippen LogP contribution >= 0.6 is 0 Å². The van der Waals surface area contributed by atoms with Crippen molar-refractivity contribution in [2.24, 2.45) is 5.92 Å². The minimum absolute atomic E-state index is 0. The van der Waals surface area contributed by atoms with Crippen molar-refractivity contribution in [2.75, 3.05) is 0 Å². The van der Waals surface area contributed by atoms with E-state index in [1.54, 1.807) is 0 Å². The molecule has 11 rings (SSSR count). The summed E-state index contributed by atoms with van der Waals surface area (Å²) >= 11 is -1.99. The van der Waals surface area contributed by atoms with Crippen molar-refractivity contribution in [3.8, 4) is 50.7 Å². The van der Waals surface area contributed by atoms with Crippen LogP contribution in [0.3, 0.4) is 0 Å². The predicted molar refractivity (Wildman–Crippen MR) is 276 cm³/mol. The Balaban J connectivity index is 0.000000173. The van der Waals surface area contributed by atoms with Crippen molar-refractivity contribution in [3.63, 3.8) is 0 Å². The number of imidazole rings is 1. The van der Waals surface area contributed by atoms with Gasteiger partial charge >= 0.3 is 170 Å². The number of fused-ring (bicyclic) bond motifs is 5. The molecule has 0 atom stereocenters. The van der Waals surface area contributed by atoms with Gasteiger partial charge in [-0.2, -0.15) is 0 Å². The van der Waals surface area contributed by atoms with Gasteiger partial charge in [-0.05, 0) is 53.6 Å². The van der Waals surface area contributed by atoms with Gasteiger partial charge in [0.15, 0.2) is 0 Å². The molecule has 0 unspecified atom stereocenters. The second-order valence-electron chi connectivity index (χ2n) is 18.6. The Kier molecular flexibility index (Phi) is 12.9. The molecule has 8 heteroatoms. The van der Waals surface area contributed by atoms with Crippen molar-refractivity contribution in [3.05, 3.63) is 193 Å². The zero-order valence-corrected chi connectivity index (χ0v) is 43.3. The third-order valence-electron chi connectivity index (χ3n) is 12.1. The molecule has 0 aliphatic rings. The molecule has 0 saturated carbocycles. The van der Waals surface area contributed by atoms with E-state index < -0.39 is 13.3 Å². The standard InChI is InChI=1S/C35H24N3.C24H27GeN2O.Ir/c1-24-20-31(23-33(36-24)26-11-3-2-4-12-26)38-34-17-8-7-16-32(34)37-35(38)30-15-9-14-28(22-30)29-19-18-25-10-5-6-13-27(25)21-29;1-15(2)12-17-13-22(26-14-21(17)25(4,5)6)20-9-7-8-18-19-11-10-16(3)27-24(19)28-23(18)20;/h2-14,16-23H,1H3;7-8,10-11,13-15H,12H2,1-6H3;/q2*-1;. The van der Waals surface area contributed by atoms with Crippen LogP contribution in [0, 0.1) is 31.9 Å². The molecule has 5 aromatic heterocycles. The molecular weight excluding hydrogens is 1060 g/mol. The SMILES string of the molecule is Cc1cc(-n2c(-c3[c-]ccc(-c4ccc5ccccc5c4)c3)nc3ccccc32)cc(-c2ccccc2)n1.Cc1ccc2c(n1)oc1c(-c3cc(CC(C)C)[c]([Ge]([CH3])([CH3])[CH3])cn3)[c-]ccc12.[Ir]. The van der Waals surface area contributed by atoms with Crippen molar-refractivity contribution in [2.45, 2.75) is 51.4 Å². The smallest absolute Gasteiger partial charge is 0 e. The monoisotopic (exact) mass is 1110 g/mol. The fourth-order valence-corrected chi connectivity index (χ4v) is 12.3. The molecule has 67 heavy (non-hydrogen) atoms. The van der Waals surface area contributed by atoms with Crippen LogP contribution in [0.2, 0.25) is 17.3 Å². The molecule has 5 heterocycles. The van der Waals surface area contributed by atoms with Gasteiger partial charge in [-0.1, -0.05) is 78.9 Å². The van der Waals surface area contributed by atoms with Crippen LogP contribution in [0.25, 0.3) is 94.6 Å². The molecule has 0 spiro atoms. The van der Waals surface area contributed by atoms with Crippen molar-refractivity contribution < 1.29 is 24.5 Å². The van der Waals surface area contributed by atoms with Gasteiger partial charge in [0.05, 0.1) is 22.6 Å². The van der Waals surface area contributed by atoms with Gasteiger partial charge in [0.1, 0.15) is 0 Å². The maximum absolute atomic E-state index is 6.17. The molecule has 0 amide bonds. The third-order valence-corrected chi connectivity index (χ3v) is 16.4. The van der Waals surface area contributed by atoms with E-state index in [-0.39, 0.29) is 20.1 Å². The Labute approximate surface area is 408 Å². The summed E-state index contributed by atoms with van der Waals surface area (Å²) in [5, 5.41) is 4.58. The van der Waals surface area contributed by atoms with E-state index in [1.165, 1.54) is 26.3 Å². The van der Waals surface area contributed by atoms with E-state index in [4.69, 9.17) is 19.4 Å². The summed E-state index contributed by atoms with van der Waals surface area (Å²) in [6.45, 7) is 8.58. The van der Waals surface area contributed by atoms with Gasteiger partial charge < -0.3 is 4.57 Å². The number of benzene rings is 6. The summed E-state index contributed by atoms with van der Waals surface area (Å²) in [4.78, 5) is 19.3. The van der Waals surface area contributed by atoms with Crippen LogP contribution in [-0.2, 0) is 26.5 Å². The van der Waals surface area contributed by atoms with Crippen molar-refractivity contribution in [1.82, 2.24) is 24.5 Å². The maximum Gasteiger partial charge on any atom is 0 e. The average molecular weight is 1110 g/mol. The summed E-state index contributed by atoms with van der Waals surface area (Å²) in [7, 11) is 0. The Bertz CT molecular complexity index is 3570. The second-order valence-corrected chi connectivity index (χ2v) is 29.2. The first-order valence-corrected chi connectivity index (χ1v) is 30.0. The molecule has 0 aliphatic heterocycles. The number of nitrogens with zero attached hydrogens (tertiary/aromatic N) is 5. The van der Waals surface area contributed by atoms with Crippen molar-refractivity contribution in [1.29, 1.82) is 0 Å². The van der Waals surface area contributed by atoms with E-state index in [2.05, 4.69) is 174 Å². The Morgan fingerprint density at radius 1 is 0.627 bits per heavy atom. The summed E-state index contributed by atoms with van der Waals surface area (Å²) in [5.74, 6) is 8.76. The third kappa shape index (κ3) is 9.42. The number of rotatable bonds is 8. The maximum atomic E-state index is 6.17. The number of furan rings is 1. The first-order valence-electron chi connectivity index (χ1n) is 22.7. The average Bonchev–Trinajstić information content (AvgIpc) is 3.90. The molecular formula is C59H51GeIrN5O-2. The first kappa shape index (κ1) is 45.6. The summed E-state index contributed by atoms with van der Waals surface area (Å²) in [6.07, 6.45) is 3.19. The Hall–Kier alpha value is -6.51. The minimum atomic E-state index is -1.99. The van der Waals surface area contributed by atoms with Crippen LogP contribution in [0.5, 0.6) is 0 Å². The normalized spacial score (nSPS) is 11.6. The topological polar surface area (TPSA) is 69.6 Å². The van der Waals surface area contributed by atoms with E-state index in [9.17, 15) is 0 Å². The van der Waals surface area contributed by atoms with E-state index >= 15 is 0 Å². The van der Waals surface area contributed by atoms with Gasteiger partial charge in [0, 0.05) is 37.1 Å². The Morgan fingerprint density at radius 3 is 2.18 bits per heavy atom. The van der Waals surface area contributed by atoms with Crippen LogP contribution in [0.1, 0.15) is 30.8 Å². The van der Waals surface area contributed by atoms with Crippen LogP contribution < -0.4 is 4.40 Å². The van der Waals surface area contributed by atoms with Crippen LogP contribution in [0.15, 0.2) is 168 Å². The van der Waals surface area contributed by atoms with E-state index in [1.807, 2.05) is 56.3 Å². The molecule has 1 radical (unpaired) electrons. The summed E-state index contributed by atoms with van der Waals surface area (Å²) in [6, 6.07) is 61.5. The van der Waals surface area contributed by atoms with Gasteiger partial charge in [0.25, 0.3) is 0 Å². The number of hydrogen-bond donors (Lipinski definition) is 0. The number of pyridine rings is 3. The zero-order chi connectivity index (χ0) is 45.5.